The Morgan fingerprint density at radius 3 is 2.30 bits per heavy atom. The number of carboxylic acid groups (broad SMARTS) is 1. The molecule has 0 radical (unpaired) electrons. The van der Waals surface area contributed by atoms with Crippen molar-refractivity contribution >= 4 is 11.7 Å². The van der Waals surface area contributed by atoms with Crippen LogP contribution in [0.15, 0.2) is 24.3 Å². The van der Waals surface area contributed by atoms with Crippen molar-refractivity contribution in [2.75, 3.05) is 45.7 Å². The minimum absolute atomic E-state index is 0.403. The molecule has 112 valence electrons. The van der Waals surface area contributed by atoms with Crippen LogP contribution < -0.4 is 9.64 Å². The first-order valence-corrected chi connectivity index (χ1v) is 6.70. The molecular formula is C15H24N2O3. The Morgan fingerprint density at radius 2 is 1.85 bits per heavy atom. The summed E-state index contributed by atoms with van der Waals surface area (Å²) in [6.45, 7) is 3.89. The normalized spacial score (nSPS) is 12.2. The Hall–Kier alpha value is -1.75. The van der Waals surface area contributed by atoms with Crippen molar-refractivity contribution in [1.82, 2.24) is 4.90 Å². The van der Waals surface area contributed by atoms with Crippen LogP contribution in [0.5, 0.6) is 5.75 Å². The second kappa shape index (κ2) is 7.75. The van der Waals surface area contributed by atoms with Gasteiger partial charge in [-0.3, -0.25) is 4.79 Å². The highest BCUT2D eigenvalue weighted by Crippen LogP contribution is 2.20. The molecule has 0 saturated heterocycles. The van der Waals surface area contributed by atoms with Crippen LogP contribution in [-0.2, 0) is 4.79 Å². The lowest BCUT2D eigenvalue weighted by Crippen LogP contribution is -2.36. The van der Waals surface area contributed by atoms with Gasteiger partial charge in [0.15, 0.2) is 0 Å². The molecule has 1 atom stereocenters. The van der Waals surface area contributed by atoms with Crippen molar-refractivity contribution in [2.45, 2.75) is 6.92 Å². The molecule has 20 heavy (non-hydrogen) atoms. The summed E-state index contributed by atoms with van der Waals surface area (Å²) in [5, 5.41) is 9.08. The molecule has 0 amide bonds. The third-order valence-electron chi connectivity index (χ3n) is 3.17. The van der Waals surface area contributed by atoms with Gasteiger partial charge in [-0.2, -0.15) is 0 Å². The maximum Gasteiger partial charge on any atom is 0.308 e. The maximum absolute atomic E-state index is 11.0. The quantitative estimate of drug-likeness (QED) is 0.786. The first kappa shape index (κ1) is 16.3. The van der Waals surface area contributed by atoms with Gasteiger partial charge in [0.05, 0.1) is 13.0 Å². The minimum atomic E-state index is -0.770. The van der Waals surface area contributed by atoms with Crippen LogP contribution in [0, 0.1) is 5.92 Å². The summed E-state index contributed by atoms with van der Waals surface area (Å²) >= 11 is 0. The molecular weight excluding hydrogens is 256 g/mol. The van der Waals surface area contributed by atoms with E-state index < -0.39 is 11.9 Å². The van der Waals surface area contributed by atoms with Crippen LogP contribution in [0.1, 0.15) is 6.92 Å². The van der Waals surface area contributed by atoms with Crippen molar-refractivity contribution in [3.63, 3.8) is 0 Å². The van der Waals surface area contributed by atoms with Crippen molar-refractivity contribution < 1.29 is 14.6 Å². The number of rotatable bonds is 8. The van der Waals surface area contributed by atoms with E-state index in [1.165, 1.54) is 0 Å². The predicted octanol–water partition coefficient (Wildman–Crippen LogP) is 1.78. The molecule has 0 aliphatic rings. The van der Waals surface area contributed by atoms with Gasteiger partial charge in [0, 0.05) is 25.3 Å². The Balaban J connectivity index is 2.81. The topological polar surface area (TPSA) is 53.0 Å². The largest absolute Gasteiger partial charge is 0.497 e. The average molecular weight is 280 g/mol. The SMILES string of the molecule is COc1ccc(N(CCN(C)C)CC(C)C(=O)O)cc1. The van der Waals surface area contributed by atoms with Crippen molar-refractivity contribution in [3.8, 4) is 5.75 Å². The lowest BCUT2D eigenvalue weighted by Gasteiger charge is -2.28. The molecule has 5 heteroatoms. The summed E-state index contributed by atoms with van der Waals surface area (Å²) in [6, 6.07) is 7.71. The Kier molecular flexibility index (Phi) is 6.31. The van der Waals surface area contributed by atoms with Crippen molar-refractivity contribution in [3.05, 3.63) is 24.3 Å². The minimum Gasteiger partial charge on any atom is -0.497 e. The zero-order valence-corrected chi connectivity index (χ0v) is 12.7. The van der Waals surface area contributed by atoms with E-state index in [2.05, 4.69) is 9.80 Å². The van der Waals surface area contributed by atoms with Crippen LogP contribution >= 0.6 is 0 Å². The zero-order valence-electron chi connectivity index (χ0n) is 12.7. The van der Waals surface area contributed by atoms with Gasteiger partial charge in [-0.25, -0.2) is 0 Å². The number of carbonyl (C=O) groups is 1. The van der Waals surface area contributed by atoms with E-state index in [0.717, 1.165) is 24.5 Å². The van der Waals surface area contributed by atoms with Crippen LogP contribution in [0.3, 0.4) is 0 Å². The highest BCUT2D eigenvalue weighted by atomic mass is 16.5. The van der Waals surface area contributed by atoms with E-state index in [9.17, 15) is 4.79 Å². The fourth-order valence-electron chi connectivity index (χ4n) is 1.85. The monoisotopic (exact) mass is 280 g/mol. The maximum atomic E-state index is 11.0. The number of carboxylic acids is 1. The molecule has 0 aromatic heterocycles. The number of anilines is 1. The highest BCUT2D eigenvalue weighted by Gasteiger charge is 2.16. The van der Waals surface area contributed by atoms with Crippen LogP contribution in [0.2, 0.25) is 0 Å². The number of aliphatic carboxylic acids is 1. The average Bonchev–Trinajstić information content (AvgIpc) is 2.43. The molecule has 1 aromatic rings. The first-order valence-electron chi connectivity index (χ1n) is 6.70. The van der Waals surface area contributed by atoms with Crippen LogP contribution in [0.25, 0.3) is 0 Å². The molecule has 1 aromatic carbocycles. The smallest absolute Gasteiger partial charge is 0.308 e. The Labute approximate surface area is 120 Å². The van der Waals surface area contributed by atoms with Gasteiger partial charge in [0.2, 0.25) is 0 Å². The molecule has 0 aliphatic heterocycles. The summed E-state index contributed by atoms with van der Waals surface area (Å²) in [6.07, 6.45) is 0. The number of hydrogen-bond donors (Lipinski definition) is 1. The van der Waals surface area contributed by atoms with Gasteiger partial charge >= 0.3 is 5.97 Å². The number of ether oxygens (including phenoxy) is 1. The third-order valence-corrected chi connectivity index (χ3v) is 3.17. The summed E-state index contributed by atoms with van der Waals surface area (Å²) in [5.41, 5.74) is 1.01. The number of likely N-dealkylation sites (N-methyl/N-ethyl adjacent to an activating group) is 1. The van der Waals surface area contributed by atoms with E-state index in [1.54, 1.807) is 14.0 Å². The van der Waals surface area contributed by atoms with Gasteiger partial charge in [0.25, 0.3) is 0 Å². The van der Waals surface area contributed by atoms with Gasteiger partial charge in [-0.1, -0.05) is 6.92 Å². The molecule has 0 saturated carbocycles. The predicted molar refractivity (Wildman–Crippen MR) is 80.6 cm³/mol. The Bertz CT molecular complexity index is 418. The lowest BCUT2D eigenvalue weighted by atomic mass is 10.1. The van der Waals surface area contributed by atoms with Crippen LogP contribution in [0.4, 0.5) is 5.69 Å². The number of nitrogens with zero attached hydrogens (tertiary/aromatic N) is 2. The van der Waals surface area contributed by atoms with Crippen LogP contribution in [-0.4, -0.2) is 56.8 Å². The molecule has 1 unspecified atom stereocenters. The standard InChI is InChI=1S/C15H24N2O3/c1-12(15(18)19)11-17(10-9-16(2)3)13-5-7-14(20-4)8-6-13/h5-8,12H,9-11H2,1-4H3,(H,18,19). The highest BCUT2D eigenvalue weighted by molar-refractivity contribution is 5.70. The van der Waals surface area contributed by atoms with E-state index >= 15 is 0 Å². The molecule has 1 rings (SSSR count). The van der Waals surface area contributed by atoms with E-state index in [-0.39, 0.29) is 0 Å². The summed E-state index contributed by atoms with van der Waals surface area (Å²) in [5.74, 6) is -0.375. The first-order chi connectivity index (χ1) is 9.43. The molecule has 1 N–H and O–H groups in total. The van der Waals surface area contributed by atoms with E-state index in [4.69, 9.17) is 9.84 Å². The second-order valence-electron chi connectivity index (χ2n) is 5.19. The molecule has 0 bridgehead atoms. The Morgan fingerprint density at radius 1 is 1.25 bits per heavy atom. The van der Waals surface area contributed by atoms with Gasteiger partial charge in [-0.05, 0) is 38.4 Å². The van der Waals surface area contributed by atoms with Gasteiger partial charge in [-0.15, -0.1) is 0 Å². The third kappa shape index (κ3) is 5.09. The molecule has 0 fully saturated rings. The second-order valence-corrected chi connectivity index (χ2v) is 5.19. The van der Waals surface area contributed by atoms with Crippen molar-refractivity contribution in [2.24, 2.45) is 5.92 Å². The van der Waals surface area contributed by atoms with Gasteiger partial charge in [0.1, 0.15) is 5.75 Å². The van der Waals surface area contributed by atoms with E-state index in [1.807, 2.05) is 38.4 Å². The van der Waals surface area contributed by atoms with E-state index in [0.29, 0.717) is 6.54 Å². The number of methoxy groups -OCH3 is 1. The summed E-state index contributed by atoms with van der Waals surface area (Å²) in [7, 11) is 5.64. The fourth-order valence-corrected chi connectivity index (χ4v) is 1.85. The molecule has 0 spiro atoms. The number of benzene rings is 1. The fraction of sp³-hybridized carbons (Fsp3) is 0.533. The zero-order chi connectivity index (χ0) is 15.1. The molecule has 0 aliphatic carbocycles. The molecule has 0 heterocycles. The lowest BCUT2D eigenvalue weighted by molar-refractivity contribution is -0.140. The number of hydrogen-bond acceptors (Lipinski definition) is 4. The summed E-state index contributed by atoms with van der Waals surface area (Å²) < 4.78 is 5.15. The van der Waals surface area contributed by atoms with Crippen molar-refractivity contribution in [1.29, 1.82) is 0 Å². The summed E-state index contributed by atoms with van der Waals surface area (Å²) in [4.78, 5) is 15.2. The molecule has 5 nitrogen and oxygen atoms in total. The van der Waals surface area contributed by atoms with Gasteiger partial charge < -0.3 is 19.6 Å².